The number of rotatable bonds is 11. The van der Waals surface area contributed by atoms with Crippen molar-refractivity contribution in [2.24, 2.45) is 4.99 Å². The van der Waals surface area contributed by atoms with Gasteiger partial charge in [0.2, 0.25) is 0 Å². The van der Waals surface area contributed by atoms with E-state index in [2.05, 4.69) is 57.5 Å². The van der Waals surface area contributed by atoms with E-state index in [4.69, 9.17) is 4.99 Å². The van der Waals surface area contributed by atoms with Crippen LogP contribution in [-0.4, -0.2) is 56.2 Å². The fraction of sp³-hybridized carbons (Fsp3) is 0.652. The van der Waals surface area contributed by atoms with Gasteiger partial charge in [-0.05, 0) is 38.2 Å². The second-order valence-electron chi connectivity index (χ2n) is 7.68. The van der Waals surface area contributed by atoms with Crippen LogP contribution in [0.4, 0.5) is 0 Å². The Kier molecular flexibility index (Phi) is 14.5. The number of halogens is 1. The van der Waals surface area contributed by atoms with E-state index in [0.29, 0.717) is 12.5 Å². The van der Waals surface area contributed by atoms with Gasteiger partial charge in [-0.2, -0.15) is 0 Å². The maximum atomic E-state index is 11.1. The Bertz CT molecular complexity index is 604. The molecule has 0 aromatic heterocycles. The number of carbonyl (C=O) groups is 1. The number of nitrogens with one attached hydrogen (secondary N) is 2. The number of methoxy groups -OCH3 is 1. The fourth-order valence-corrected chi connectivity index (χ4v) is 3.62. The zero-order valence-electron chi connectivity index (χ0n) is 18.6. The van der Waals surface area contributed by atoms with Crippen LogP contribution in [-0.2, 0) is 16.1 Å². The van der Waals surface area contributed by atoms with E-state index in [1.165, 1.54) is 12.7 Å². The number of carbonyl (C=O) groups excluding carboxylic acids is 1. The molecule has 0 amide bonds. The molecule has 2 N–H and O–H groups in total. The Hall–Kier alpha value is -1.35. The normalized spacial score (nSPS) is 15.3. The van der Waals surface area contributed by atoms with Crippen LogP contribution in [0, 0.1) is 0 Å². The van der Waals surface area contributed by atoms with Gasteiger partial charge >= 0.3 is 5.97 Å². The molecule has 0 spiro atoms. The summed E-state index contributed by atoms with van der Waals surface area (Å²) in [5.74, 6) is 0.819. The zero-order valence-corrected chi connectivity index (χ0v) is 20.9. The van der Waals surface area contributed by atoms with E-state index in [9.17, 15) is 4.79 Å². The van der Waals surface area contributed by atoms with Crippen molar-refractivity contribution in [1.29, 1.82) is 0 Å². The van der Waals surface area contributed by atoms with Crippen molar-refractivity contribution in [2.45, 2.75) is 64.5 Å². The van der Waals surface area contributed by atoms with Gasteiger partial charge in [0.05, 0.1) is 7.11 Å². The molecule has 0 saturated carbocycles. The molecule has 1 aromatic carbocycles. The van der Waals surface area contributed by atoms with Crippen LogP contribution in [0.25, 0.3) is 0 Å². The van der Waals surface area contributed by atoms with Gasteiger partial charge in [0.15, 0.2) is 5.96 Å². The molecule has 1 saturated heterocycles. The lowest BCUT2D eigenvalue weighted by molar-refractivity contribution is -0.140. The standard InChI is InChI=1S/C23H38N4O2.HI/c1-3-24-23(25-16-10-5-4-9-13-22(28)29-2)26-21-14-17-27(18-15-21)19-20-11-7-6-8-12-20;/h6-8,11-12,21H,3-5,9-10,13-19H2,1-2H3,(H2,24,25,26);1H. The van der Waals surface area contributed by atoms with Crippen LogP contribution in [0.15, 0.2) is 35.3 Å². The van der Waals surface area contributed by atoms with Crippen LogP contribution in [0.5, 0.6) is 0 Å². The molecule has 0 unspecified atom stereocenters. The predicted molar refractivity (Wildman–Crippen MR) is 134 cm³/mol. The summed E-state index contributed by atoms with van der Waals surface area (Å²) in [6, 6.07) is 11.2. The Morgan fingerprint density at radius 1 is 1.13 bits per heavy atom. The molecule has 0 radical (unpaired) electrons. The lowest BCUT2D eigenvalue weighted by Gasteiger charge is -2.33. The number of guanidine groups is 1. The molecule has 1 aliphatic heterocycles. The van der Waals surface area contributed by atoms with Gasteiger partial charge in [0.1, 0.15) is 0 Å². The molecular weight excluding hydrogens is 491 g/mol. The summed E-state index contributed by atoms with van der Waals surface area (Å²) in [6.07, 6.45) is 6.90. The summed E-state index contributed by atoms with van der Waals surface area (Å²) in [7, 11) is 1.44. The van der Waals surface area contributed by atoms with Crippen molar-refractivity contribution in [1.82, 2.24) is 15.5 Å². The van der Waals surface area contributed by atoms with Gasteiger partial charge in [-0.15, -0.1) is 24.0 Å². The molecule has 0 atom stereocenters. The van der Waals surface area contributed by atoms with Crippen molar-refractivity contribution >= 4 is 35.9 Å². The van der Waals surface area contributed by atoms with Gasteiger partial charge in [0, 0.05) is 45.2 Å². The topological polar surface area (TPSA) is 66.0 Å². The minimum absolute atomic E-state index is 0. The maximum Gasteiger partial charge on any atom is 0.305 e. The Balaban J connectivity index is 0.00000450. The van der Waals surface area contributed by atoms with Crippen molar-refractivity contribution < 1.29 is 9.53 Å². The first-order chi connectivity index (χ1) is 14.2. The first-order valence-electron chi connectivity index (χ1n) is 11.1. The lowest BCUT2D eigenvalue weighted by atomic mass is 10.0. The highest BCUT2D eigenvalue weighted by Gasteiger charge is 2.19. The first kappa shape index (κ1) is 26.7. The third kappa shape index (κ3) is 11.2. The zero-order chi connectivity index (χ0) is 20.7. The van der Waals surface area contributed by atoms with Crippen molar-refractivity contribution in [2.75, 3.05) is 33.3 Å². The molecule has 0 bridgehead atoms. The number of esters is 1. The summed E-state index contributed by atoms with van der Waals surface area (Å²) >= 11 is 0. The van der Waals surface area contributed by atoms with Crippen LogP contribution in [0.1, 0.15) is 57.4 Å². The molecule has 7 heteroatoms. The van der Waals surface area contributed by atoms with E-state index in [-0.39, 0.29) is 29.9 Å². The van der Waals surface area contributed by atoms with Crippen LogP contribution < -0.4 is 10.6 Å². The van der Waals surface area contributed by atoms with E-state index >= 15 is 0 Å². The number of hydrogen-bond donors (Lipinski definition) is 2. The quantitative estimate of drug-likeness (QED) is 0.149. The minimum Gasteiger partial charge on any atom is -0.469 e. The number of hydrogen-bond acceptors (Lipinski definition) is 4. The summed E-state index contributed by atoms with van der Waals surface area (Å²) in [6.45, 7) is 7.07. The minimum atomic E-state index is -0.114. The SMILES string of the molecule is CCNC(=NCCCCCCC(=O)OC)NC1CCN(Cc2ccccc2)CC1.I. The Morgan fingerprint density at radius 2 is 1.83 bits per heavy atom. The maximum absolute atomic E-state index is 11.1. The third-order valence-electron chi connectivity index (χ3n) is 5.31. The Morgan fingerprint density at radius 3 is 2.50 bits per heavy atom. The average molecular weight is 530 g/mol. The van der Waals surface area contributed by atoms with Gasteiger partial charge in [0.25, 0.3) is 0 Å². The second kappa shape index (κ2) is 16.4. The van der Waals surface area contributed by atoms with E-state index in [1.54, 1.807) is 0 Å². The molecule has 1 aromatic rings. The number of benzene rings is 1. The summed E-state index contributed by atoms with van der Waals surface area (Å²) in [5.41, 5.74) is 1.39. The molecular formula is C23H39IN4O2. The number of ether oxygens (including phenoxy) is 1. The van der Waals surface area contributed by atoms with Crippen LogP contribution in [0.2, 0.25) is 0 Å². The average Bonchev–Trinajstić information content (AvgIpc) is 2.75. The fourth-order valence-electron chi connectivity index (χ4n) is 3.62. The molecule has 30 heavy (non-hydrogen) atoms. The number of likely N-dealkylation sites (tertiary alicyclic amines) is 1. The predicted octanol–water partition coefficient (Wildman–Crippen LogP) is 3.95. The van der Waals surface area contributed by atoms with E-state index in [1.807, 2.05) is 0 Å². The number of unbranched alkanes of at least 4 members (excludes halogenated alkanes) is 3. The monoisotopic (exact) mass is 530 g/mol. The first-order valence-corrected chi connectivity index (χ1v) is 11.1. The highest BCUT2D eigenvalue weighted by molar-refractivity contribution is 14.0. The van der Waals surface area contributed by atoms with Gasteiger partial charge in [-0.25, -0.2) is 0 Å². The highest BCUT2D eigenvalue weighted by Crippen LogP contribution is 2.14. The van der Waals surface area contributed by atoms with Crippen molar-refractivity contribution in [3.8, 4) is 0 Å². The van der Waals surface area contributed by atoms with Gasteiger partial charge < -0.3 is 15.4 Å². The molecule has 1 aliphatic rings. The molecule has 170 valence electrons. The second-order valence-corrected chi connectivity index (χ2v) is 7.68. The summed E-state index contributed by atoms with van der Waals surface area (Å²) < 4.78 is 4.66. The van der Waals surface area contributed by atoms with Gasteiger partial charge in [-0.1, -0.05) is 43.2 Å². The Labute approximate surface area is 199 Å². The molecule has 2 rings (SSSR count). The van der Waals surface area contributed by atoms with Crippen molar-refractivity contribution in [3.05, 3.63) is 35.9 Å². The summed E-state index contributed by atoms with van der Waals surface area (Å²) in [4.78, 5) is 18.4. The largest absolute Gasteiger partial charge is 0.469 e. The number of nitrogens with zero attached hydrogens (tertiary/aromatic N) is 2. The summed E-state index contributed by atoms with van der Waals surface area (Å²) in [5, 5.41) is 6.99. The molecule has 1 fully saturated rings. The van der Waals surface area contributed by atoms with E-state index < -0.39 is 0 Å². The van der Waals surface area contributed by atoms with Crippen LogP contribution >= 0.6 is 24.0 Å². The number of piperidine rings is 1. The third-order valence-corrected chi connectivity index (χ3v) is 5.31. The van der Waals surface area contributed by atoms with Crippen molar-refractivity contribution in [3.63, 3.8) is 0 Å². The smallest absolute Gasteiger partial charge is 0.305 e. The van der Waals surface area contributed by atoms with Crippen LogP contribution in [0.3, 0.4) is 0 Å². The van der Waals surface area contributed by atoms with E-state index in [0.717, 1.165) is 77.2 Å². The van der Waals surface area contributed by atoms with Gasteiger partial charge in [-0.3, -0.25) is 14.7 Å². The molecule has 1 heterocycles. The molecule has 6 nitrogen and oxygen atoms in total. The molecule has 0 aliphatic carbocycles. The lowest BCUT2D eigenvalue weighted by Crippen LogP contribution is -2.48. The number of aliphatic imine (C=N–C) groups is 1. The highest BCUT2D eigenvalue weighted by atomic mass is 127.